The molecule has 0 saturated heterocycles. The molecule has 0 spiro atoms. The summed E-state index contributed by atoms with van der Waals surface area (Å²) in [5.41, 5.74) is 1.15. The predicted molar refractivity (Wildman–Crippen MR) is 67.4 cm³/mol. The van der Waals surface area contributed by atoms with Crippen LogP contribution >= 0.6 is 0 Å². The van der Waals surface area contributed by atoms with E-state index in [-0.39, 0.29) is 5.82 Å². The van der Waals surface area contributed by atoms with E-state index in [9.17, 15) is 9.50 Å². The van der Waals surface area contributed by atoms with Gasteiger partial charge in [-0.15, -0.1) is 0 Å². The molecule has 1 aromatic heterocycles. The first-order valence-electron chi connectivity index (χ1n) is 5.71. The molecule has 0 amide bonds. The number of halogens is 1. The second kappa shape index (κ2) is 4.46. The molecule has 0 aliphatic carbocycles. The summed E-state index contributed by atoms with van der Waals surface area (Å²) in [4.78, 5) is 8.53. The molecule has 4 heteroatoms. The number of nitrogens with zero attached hydrogens (tertiary/aromatic N) is 2. The highest BCUT2D eigenvalue weighted by Crippen LogP contribution is 2.22. The van der Waals surface area contributed by atoms with Crippen molar-refractivity contribution in [3.8, 4) is 11.3 Å². The molecule has 18 heavy (non-hydrogen) atoms. The first-order valence-corrected chi connectivity index (χ1v) is 5.71. The Kier molecular flexibility index (Phi) is 3.13. The number of rotatable bonds is 2. The van der Waals surface area contributed by atoms with E-state index < -0.39 is 5.60 Å². The van der Waals surface area contributed by atoms with E-state index in [1.54, 1.807) is 26.0 Å². The Labute approximate surface area is 105 Å². The number of hydrogen-bond donors (Lipinski definition) is 1. The molecular formula is C14H15FN2O. The van der Waals surface area contributed by atoms with Crippen LogP contribution in [0.2, 0.25) is 0 Å². The minimum atomic E-state index is -1.10. The molecular weight excluding hydrogens is 231 g/mol. The number of hydrogen-bond acceptors (Lipinski definition) is 3. The minimum Gasteiger partial charge on any atom is -0.382 e. The van der Waals surface area contributed by atoms with Gasteiger partial charge in [-0.25, -0.2) is 14.4 Å². The van der Waals surface area contributed by atoms with Crippen molar-refractivity contribution in [1.82, 2.24) is 9.97 Å². The summed E-state index contributed by atoms with van der Waals surface area (Å²) in [5, 5.41) is 9.94. The molecule has 0 unspecified atom stereocenters. The van der Waals surface area contributed by atoms with Crippen LogP contribution in [0.1, 0.15) is 25.4 Å². The van der Waals surface area contributed by atoms with E-state index in [0.717, 1.165) is 11.3 Å². The van der Waals surface area contributed by atoms with Gasteiger partial charge < -0.3 is 5.11 Å². The molecule has 0 fully saturated rings. The molecule has 94 valence electrons. The summed E-state index contributed by atoms with van der Waals surface area (Å²) in [6.45, 7) is 5.11. The molecule has 2 aromatic rings. The summed E-state index contributed by atoms with van der Waals surface area (Å²) in [6, 6.07) is 7.89. The van der Waals surface area contributed by atoms with Crippen LogP contribution < -0.4 is 0 Å². The van der Waals surface area contributed by atoms with Crippen molar-refractivity contribution in [3.05, 3.63) is 47.7 Å². The maximum Gasteiger partial charge on any atom is 0.160 e. The Bertz CT molecular complexity index is 559. The SMILES string of the molecule is Cc1cc(-c2ccc(F)cc2)nc(C(C)(C)O)n1. The third-order valence-corrected chi connectivity index (χ3v) is 2.54. The smallest absolute Gasteiger partial charge is 0.160 e. The van der Waals surface area contributed by atoms with Crippen LogP contribution in [0.5, 0.6) is 0 Å². The molecule has 3 nitrogen and oxygen atoms in total. The van der Waals surface area contributed by atoms with Crippen LogP contribution in [-0.2, 0) is 5.60 Å². The third-order valence-electron chi connectivity index (χ3n) is 2.54. The van der Waals surface area contributed by atoms with Gasteiger partial charge in [0.1, 0.15) is 11.4 Å². The van der Waals surface area contributed by atoms with Gasteiger partial charge in [0.2, 0.25) is 0 Å². The van der Waals surface area contributed by atoms with E-state index in [4.69, 9.17) is 0 Å². The quantitative estimate of drug-likeness (QED) is 0.886. The number of aliphatic hydroxyl groups is 1. The average molecular weight is 246 g/mol. The lowest BCUT2D eigenvalue weighted by Gasteiger charge is -2.16. The van der Waals surface area contributed by atoms with E-state index in [1.165, 1.54) is 12.1 Å². The molecule has 1 aromatic carbocycles. The molecule has 1 heterocycles. The summed E-state index contributed by atoms with van der Waals surface area (Å²) in [5.74, 6) is 0.0778. The number of benzene rings is 1. The molecule has 0 aliphatic rings. The second-order valence-corrected chi connectivity index (χ2v) is 4.78. The Morgan fingerprint density at radius 1 is 1.11 bits per heavy atom. The summed E-state index contributed by atoms with van der Waals surface area (Å²) < 4.78 is 12.9. The van der Waals surface area contributed by atoms with Gasteiger partial charge in [0.15, 0.2) is 5.82 Å². The first-order chi connectivity index (χ1) is 8.36. The molecule has 0 aliphatic heterocycles. The fourth-order valence-corrected chi connectivity index (χ4v) is 1.61. The zero-order valence-corrected chi connectivity index (χ0v) is 10.6. The van der Waals surface area contributed by atoms with E-state index in [2.05, 4.69) is 9.97 Å². The number of aryl methyl sites for hydroxylation is 1. The van der Waals surface area contributed by atoms with Gasteiger partial charge in [-0.3, -0.25) is 0 Å². The van der Waals surface area contributed by atoms with Crippen LogP contribution in [0.15, 0.2) is 30.3 Å². The zero-order chi connectivity index (χ0) is 13.3. The predicted octanol–water partition coefficient (Wildman–Crippen LogP) is 2.82. The van der Waals surface area contributed by atoms with Crippen molar-refractivity contribution in [1.29, 1.82) is 0 Å². The van der Waals surface area contributed by atoms with Crippen LogP contribution in [0.3, 0.4) is 0 Å². The largest absolute Gasteiger partial charge is 0.382 e. The average Bonchev–Trinajstić information content (AvgIpc) is 2.28. The highest BCUT2D eigenvalue weighted by atomic mass is 19.1. The fraction of sp³-hybridized carbons (Fsp3) is 0.286. The standard InChI is InChI=1S/C14H15FN2O/c1-9-8-12(10-4-6-11(15)7-5-10)17-13(16-9)14(2,3)18/h4-8,18H,1-3H3. The van der Waals surface area contributed by atoms with Crippen molar-refractivity contribution in [2.75, 3.05) is 0 Å². The van der Waals surface area contributed by atoms with Gasteiger partial charge in [0.25, 0.3) is 0 Å². The van der Waals surface area contributed by atoms with Gasteiger partial charge in [-0.1, -0.05) is 0 Å². The van der Waals surface area contributed by atoms with Crippen LogP contribution in [0, 0.1) is 12.7 Å². The van der Waals surface area contributed by atoms with E-state index in [0.29, 0.717) is 11.5 Å². The normalized spacial score (nSPS) is 11.6. The van der Waals surface area contributed by atoms with Gasteiger partial charge in [0, 0.05) is 11.3 Å². The fourth-order valence-electron chi connectivity index (χ4n) is 1.61. The number of aromatic nitrogens is 2. The highest BCUT2D eigenvalue weighted by Gasteiger charge is 2.20. The van der Waals surface area contributed by atoms with Crippen molar-refractivity contribution < 1.29 is 9.50 Å². The van der Waals surface area contributed by atoms with Gasteiger partial charge >= 0.3 is 0 Å². The van der Waals surface area contributed by atoms with Crippen LogP contribution in [-0.4, -0.2) is 15.1 Å². The molecule has 1 N–H and O–H groups in total. The van der Waals surface area contributed by atoms with Crippen molar-refractivity contribution in [2.45, 2.75) is 26.4 Å². The second-order valence-electron chi connectivity index (χ2n) is 4.78. The lowest BCUT2D eigenvalue weighted by Crippen LogP contribution is -2.20. The van der Waals surface area contributed by atoms with Gasteiger partial charge in [0.05, 0.1) is 5.69 Å². The van der Waals surface area contributed by atoms with Gasteiger partial charge in [-0.2, -0.15) is 0 Å². The lowest BCUT2D eigenvalue weighted by molar-refractivity contribution is 0.0686. The van der Waals surface area contributed by atoms with Crippen molar-refractivity contribution in [2.24, 2.45) is 0 Å². The Hall–Kier alpha value is -1.81. The van der Waals surface area contributed by atoms with Crippen molar-refractivity contribution in [3.63, 3.8) is 0 Å². The lowest BCUT2D eigenvalue weighted by atomic mass is 10.1. The van der Waals surface area contributed by atoms with E-state index in [1.807, 2.05) is 13.0 Å². The summed E-state index contributed by atoms with van der Waals surface area (Å²) >= 11 is 0. The Morgan fingerprint density at radius 3 is 2.28 bits per heavy atom. The Morgan fingerprint density at radius 2 is 1.72 bits per heavy atom. The van der Waals surface area contributed by atoms with Crippen LogP contribution in [0.25, 0.3) is 11.3 Å². The third kappa shape index (κ3) is 2.71. The molecule has 0 atom stereocenters. The van der Waals surface area contributed by atoms with Crippen molar-refractivity contribution >= 4 is 0 Å². The minimum absolute atomic E-state index is 0.285. The maximum atomic E-state index is 12.9. The Balaban J connectivity index is 2.52. The molecule has 0 bridgehead atoms. The zero-order valence-electron chi connectivity index (χ0n) is 10.6. The van der Waals surface area contributed by atoms with E-state index >= 15 is 0 Å². The summed E-state index contributed by atoms with van der Waals surface area (Å²) in [7, 11) is 0. The van der Waals surface area contributed by atoms with Crippen LogP contribution in [0.4, 0.5) is 4.39 Å². The first kappa shape index (κ1) is 12.6. The van der Waals surface area contributed by atoms with Gasteiger partial charge in [-0.05, 0) is 51.1 Å². The molecule has 2 rings (SSSR count). The maximum absolute atomic E-state index is 12.9. The monoisotopic (exact) mass is 246 g/mol. The molecule has 0 saturated carbocycles. The molecule has 0 radical (unpaired) electrons. The summed E-state index contributed by atoms with van der Waals surface area (Å²) in [6.07, 6.45) is 0. The highest BCUT2D eigenvalue weighted by molar-refractivity contribution is 5.59. The topological polar surface area (TPSA) is 46.0 Å².